The topological polar surface area (TPSA) is 35.5 Å². The predicted molar refractivity (Wildman–Crippen MR) is 76.6 cm³/mol. The number of hydrogen-bond donors (Lipinski definition) is 0. The minimum absolute atomic E-state index is 0.00920. The molecule has 1 aliphatic rings. The number of carbonyl (C=O) groups is 1. The van der Waals surface area contributed by atoms with Crippen LogP contribution in [0.15, 0.2) is 24.5 Å². The van der Waals surface area contributed by atoms with Crippen molar-refractivity contribution in [2.75, 3.05) is 6.61 Å². The lowest BCUT2D eigenvalue weighted by Crippen LogP contribution is -2.42. The molecule has 3 unspecified atom stereocenters. The van der Waals surface area contributed by atoms with Crippen LogP contribution in [-0.4, -0.2) is 18.7 Å². The van der Waals surface area contributed by atoms with Crippen molar-refractivity contribution >= 4 is 5.97 Å². The molecule has 0 radical (unpaired) electrons. The largest absolute Gasteiger partial charge is 0.497 e. The molecule has 0 spiro atoms. The highest BCUT2D eigenvalue weighted by Gasteiger charge is 2.43. The Morgan fingerprint density at radius 2 is 2.21 bits per heavy atom. The molecule has 19 heavy (non-hydrogen) atoms. The molecule has 3 atom stereocenters. The van der Waals surface area contributed by atoms with Gasteiger partial charge in [-0.3, -0.25) is 4.79 Å². The molecule has 0 N–H and O–H groups in total. The highest BCUT2D eigenvalue weighted by molar-refractivity contribution is 5.66. The first-order valence-corrected chi connectivity index (χ1v) is 7.01. The first kappa shape index (κ1) is 15.8. The third-order valence-electron chi connectivity index (χ3n) is 4.50. The van der Waals surface area contributed by atoms with Gasteiger partial charge in [-0.15, -0.1) is 0 Å². The monoisotopic (exact) mass is 266 g/mol. The van der Waals surface area contributed by atoms with Crippen LogP contribution in [0.4, 0.5) is 0 Å². The molecule has 0 saturated heterocycles. The third-order valence-corrected chi connectivity index (χ3v) is 4.50. The number of rotatable bonds is 5. The van der Waals surface area contributed by atoms with Gasteiger partial charge in [0.15, 0.2) is 0 Å². The van der Waals surface area contributed by atoms with Gasteiger partial charge in [0.1, 0.15) is 12.7 Å². The van der Waals surface area contributed by atoms with Crippen molar-refractivity contribution in [2.45, 2.75) is 53.1 Å². The van der Waals surface area contributed by atoms with Crippen molar-refractivity contribution in [1.82, 2.24) is 0 Å². The lowest BCUT2D eigenvalue weighted by molar-refractivity contribution is -0.153. The van der Waals surface area contributed by atoms with Crippen molar-refractivity contribution in [3.63, 3.8) is 0 Å². The summed E-state index contributed by atoms with van der Waals surface area (Å²) in [6.07, 6.45) is 6.74. The summed E-state index contributed by atoms with van der Waals surface area (Å²) in [5.74, 6) is 0.107. The van der Waals surface area contributed by atoms with Gasteiger partial charge in [-0.05, 0) is 37.2 Å². The molecule has 1 fully saturated rings. The van der Waals surface area contributed by atoms with Crippen LogP contribution in [0.25, 0.3) is 0 Å². The zero-order chi connectivity index (χ0) is 14.5. The smallest absolute Gasteiger partial charge is 0.302 e. The van der Waals surface area contributed by atoms with Crippen LogP contribution in [0.2, 0.25) is 0 Å². The second-order valence-electron chi connectivity index (χ2n) is 5.54. The highest BCUT2D eigenvalue weighted by Crippen LogP contribution is 2.47. The minimum Gasteiger partial charge on any atom is -0.497 e. The van der Waals surface area contributed by atoms with E-state index < -0.39 is 0 Å². The van der Waals surface area contributed by atoms with E-state index in [4.69, 9.17) is 9.47 Å². The Hall–Kier alpha value is -1.25. The van der Waals surface area contributed by atoms with Crippen molar-refractivity contribution in [1.29, 1.82) is 0 Å². The Labute approximate surface area is 116 Å². The summed E-state index contributed by atoms with van der Waals surface area (Å²) >= 11 is 0. The van der Waals surface area contributed by atoms with E-state index in [1.807, 2.05) is 6.92 Å². The number of esters is 1. The van der Waals surface area contributed by atoms with Crippen LogP contribution in [0.3, 0.4) is 0 Å². The van der Waals surface area contributed by atoms with E-state index in [0.717, 1.165) is 19.3 Å². The molecular weight excluding hydrogens is 240 g/mol. The minimum atomic E-state index is -0.189. The Bertz CT molecular complexity index is 359. The molecule has 0 aliphatic heterocycles. The summed E-state index contributed by atoms with van der Waals surface area (Å²) in [5.41, 5.74) is 1.28. The molecule has 3 nitrogen and oxygen atoms in total. The van der Waals surface area contributed by atoms with Crippen LogP contribution in [-0.2, 0) is 14.3 Å². The maximum Gasteiger partial charge on any atom is 0.302 e. The first-order valence-electron chi connectivity index (χ1n) is 7.01. The van der Waals surface area contributed by atoms with E-state index in [2.05, 4.69) is 26.5 Å². The van der Waals surface area contributed by atoms with Crippen molar-refractivity contribution < 1.29 is 14.3 Å². The van der Waals surface area contributed by atoms with Gasteiger partial charge < -0.3 is 9.47 Å². The lowest BCUT2D eigenvalue weighted by atomic mass is 9.63. The molecule has 1 aliphatic carbocycles. The maximum atomic E-state index is 11.2. The van der Waals surface area contributed by atoms with E-state index in [1.54, 1.807) is 0 Å². The van der Waals surface area contributed by atoms with Crippen LogP contribution in [0.1, 0.15) is 47.0 Å². The zero-order valence-electron chi connectivity index (χ0n) is 12.6. The maximum absolute atomic E-state index is 11.2. The molecule has 1 saturated carbocycles. The van der Waals surface area contributed by atoms with Crippen LogP contribution < -0.4 is 0 Å². The van der Waals surface area contributed by atoms with Crippen LogP contribution >= 0.6 is 0 Å². The molecule has 0 heterocycles. The van der Waals surface area contributed by atoms with Crippen LogP contribution in [0, 0.1) is 11.3 Å². The fraction of sp³-hybridized carbons (Fsp3) is 0.688. The van der Waals surface area contributed by atoms with E-state index in [0.29, 0.717) is 12.5 Å². The number of ether oxygens (including phenoxy) is 2. The fourth-order valence-corrected chi connectivity index (χ4v) is 3.11. The standard InChI is InChI=1S/C16H26O3/c1-6-14(11-18-7-2)16(5)10-8-9-15(12(16)3)19-13(4)17/h6-7,12,15H,2,8-11H2,1,3-5H3/b14-6+. The third kappa shape index (κ3) is 3.62. The van der Waals surface area contributed by atoms with Gasteiger partial charge in [-0.25, -0.2) is 0 Å². The molecule has 0 amide bonds. The first-order chi connectivity index (χ1) is 8.95. The van der Waals surface area contributed by atoms with Crippen molar-refractivity contribution in [2.24, 2.45) is 11.3 Å². The normalized spacial score (nSPS) is 31.7. The Morgan fingerprint density at radius 3 is 2.74 bits per heavy atom. The average Bonchev–Trinajstić information content (AvgIpc) is 2.35. The van der Waals surface area contributed by atoms with E-state index in [9.17, 15) is 4.79 Å². The molecule has 108 valence electrons. The summed E-state index contributed by atoms with van der Waals surface area (Å²) in [4.78, 5) is 11.2. The van der Waals surface area contributed by atoms with Crippen molar-refractivity contribution in [3.05, 3.63) is 24.5 Å². The predicted octanol–water partition coefficient (Wildman–Crippen LogP) is 3.85. The summed E-state index contributed by atoms with van der Waals surface area (Å²) in [7, 11) is 0. The quantitative estimate of drug-likeness (QED) is 0.431. The second kappa shape index (κ2) is 6.78. The molecule has 0 aromatic rings. The van der Waals surface area contributed by atoms with Crippen molar-refractivity contribution in [3.8, 4) is 0 Å². The molecule has 0 bridgehead atoms. The van der Waals surface area contributed by atoms with Gasteiger partial charge in [0.2, 0.25) is 0 Å². The molecule has 0 aromatic heterocycles. The van der Waals surface area contributed by atoms with Gasteiger partial charge in [-0.2, -0.15) is 0 Å². The fourth-order valence-electron chi connectivity index (χ4n) is 3.11. The lowest BCUT2D eigenvalue weighted by Gasteiger charge is -2.45. The average molecular weight is 266 g/mol. The molecule has 1 rings (SSSR count). The Balaban J connectivity index is 2.88. The summed E-state index contributed by atoms with van der Waals surface area (Å²) in [6, 6.07) is 0. The number of hydrogen-bond acceptors (Lipinski definition) is 3. The Kier molecular flexibility index (Phi) is 5.64. The van der Waals surface area contributed by atoms with Gasteiger partial charge >= 0.3 is 5.97 Å². The van der Waals surface area contributed by atoms with Gasteiger partial charge in [0, 0.05) is 12.8 Å². The summed E-state index contributed by atoms with van der Waals surface area (Å²) < 4.78 is 10.8. The van der Waals surface area contributed by atoms with Gasteiger partial charge in [-0.1, -0.05) is 26.5 Å². The Morgan fingerprint density at radius 1 is 1.53 bits per heavy atom. The molecule has 0 aromatic carbocycles. The highest BCUT2D eigenvalue weighted by atomic mass is 16.5. The number of carbonyl (C=O) groups excluding carboxylic acids is 1. The van der Waals surface area contributed by atoms with Gasteiger partial charge in [0.25, 0.3) is 0 Å². The zero-order valence-corrected chi connectivity index (χ0v) is 12.6. The summed E-state index contributed by atoms with van der Waals surface area (Å²) in [6.45, 7) is 12.1. The van der Waals surface area contributed by atoms with Crippen LogP contribution in [0.5, 0.6) is 0 Å². The van der Waals surface area contributed by atoms with E-state index in [-0.39, 0.29) is 17.5 Å². The molecule has 3 heteroatoms. The summed E-state index contributed by atoms with van der Waals surface area (Å²) in [5, 5.41) is 0. The van der Waals surface area contributed by atoms with Gasteiger partial charge in [0.05, 0.1) is 6.26 Å². The number of allylic oxidation sites excluding steroid dienone is 1. The second-order valence-corrected chi connectivity index (χ2v) is 5.54. The molecular formula is C16H26O3. The van der Waals surface area contributed by atoms with E-state index in [1.165, 1.54) is 18.8 Å². The SMILES string of the molecule is C=COC/C(=C\C)C1(C)CCCC(OC(C)=O)C1C. The van der Waals surface area contributed by atoms with E-state index >= 15 is 0 Å².